The van der Waals surface area contributed by atoms with Crippen LogP contribution in [-0.4, -0.2) is 23.7 Å². The highest BCUT2D eigenvalue weighted by molar-refractivity contribution is 5.69. The molecule has 0 saturated carbocycles. The third-order valence-corrected chi connectivity index (χ3v) is 2.88. The highest BCUT2D eigenvalue weighted by Crippen LogP contribution is 2.21. The number of carboxylic acids is 1. The number of esters is 1. The van der Waals surface area contributed by atoms with Gasteiger partial charge in [-0.2, -0.15) is 0 Å². The molecule has 0 radical (unpaired) electrons. The molecule has 0 fully saturated rings. The summed E-state index contributed by atoms with van der Waals surface area (Å²) in [5, 5.41) is 8.76. The van der Waals surface area contributed by atoms with Crippen molar-refractivity contribution in [2.45, 2.75) is 38.5 Å². The first kappa shape index (κ1) is 15.2. The predicted molar refractivity (Wildman–Crippen MR) is 71.9 cm³/mol. The van der Waals surface area contributed by atoms with E-state index >= 15 is 0 Å². The van der Waals surface area contributed by atoms with Gasteiger partial charge in [0.2, 0.25) is 0 Å². The molecule has 0 bridgehead atoms. The van der Waals surface area contributed by atoms with Gasteiger partial charge in [0.1, 0.15) is 0 Å². The van der Waals surface area contributed by atoms with E-state index in [9.17, 15) is 9.59 Å². The van der Waals surface area contributed by atoms with E-state index in [1.807, 2.05) is 37.3 Å². The maximum atomic E-state index is 11.4. The molecule has 1 N–H and O–H groups in total. The predicted octanol–water partition coefficient (Wildman–Crippen LogP) is 2.98. The number of benzene rings is 1. The van der Waals surface area contributed by atoms with E-state index in [1.54, 1.807) is 0 Å². The van der Waals surface area contributed by atoms with Crippen LogP contribution in [0.5, 0.6) is 0 Å². The summed E-state index contributed by atoms with van der Waals surface area (Å²) in [6, 6.07) is 9.56. The van der Waals surface area contributed by atoms with Gasteiger partial charge in [-0.25, -0.2) is 0 Å². The molecule has 1 aromatic carbocycles. The largest absolute Gasteiger partial charge is 0.481 e. The van der Waals surface area contributed by atoms with Crippen LogP contribution in [0.3, 0.4) is 0 Å². The van der Waals surface area contributed by atoms with Gasteiger partial charge < -0.3 is 9.84 Å². The van der Waals surface area contributed by atoms with E-state index in [0.717, 1.165) is 12.0 Å². The number of ether oxygens (including phenoxy) is 1. The number of aliphatic carboxylic acids is 1. The monoisotopic (exact) mass is 264 g/mol. The molecular formula is C15H20O4. The Labute approximate surface area is 113 Å². The minimum Gasteiger partial charge on any atom is -0.481 e. The Bertz CT molecular complexity index is 400. The third kappa shape index (κ3) is 6.04. The quantitative estimate of drug-likeness (QED) is 0.733. The zero-order valence-electron chi connectivity index (χ0n) is 11.2. The van der Waals surface area contributed by atoms with Gasteiger partial charge in [0.15, 0.2) is 0 Å². The van der Waals surface area contributed by atoms with E-state index < -0.39 is 5.97 Å². The molecule has 1 unspecified atom stereocenters. The maximum absolute atomic E-state index is 11.4. The van der Waals surface area contributed by atoms with Crippen molar-refractivity contribution in [3.05, 3.63) is 35.9 Å². The van der Waals surface area contributed by atoms with Gasteiger partial charge in [-0.05, 0) is 18.4 Å². The van der Waals surface area contributed by atoms with E-state index in [0.29, 0.717) is 12.8 Å². The number of rotatable bonds is 8. The van der Waals surface area contributed by atoms with Gasteiger partial charge in [-0.1, -0.05) is 37.3 Å². The minimum absolute atomic E-state index is 0.0573. The van der Waals surface area contributed by atoms with Crippen molar-refractivity contribution in [3.8, 4) is 0 Å². The molecule has 104 valence electrons. The number of carbonyl (C=O) groups excluding carboxylic acids is 1. The van der Waals surface area contributed by atoms with E-state index in [2.05, 4.69) is 0 Å². The number of carbonyl (C=O) groups is 2. The molecule has 0 aliphatic rings. The lowest BCUT2D eigenvalue weighted by Gasteiger charge is -2.16. The molecule has 1 atom stereocenters. The topological polar surface area (TPSA) is 63.6 Å². The molecule has 0 amide bonds. The first-order valence-corrected chi connectivity index (χ1v) is 6.55. The van der Waals surface area contributed by atoms with Gasteiger partial charge in [0.25, 0.3) is 0 Å². The van der Waals surface area contributed by atoms with E-state index in [1.165, 1.54) is 0 Å². The summed E-state index contributed by atoms with van der Waals surface area (Å²) in [5.74, 6) is -1.11. The van der Waals surface area contributed by atoms with Gasteiger partial charge in [0, 0.05) is 18.8 Å². The number of hydrogen-bond donors (Lipinski definition) is 1. The van der Waals surface area contributed by atoms with E-state index in [-0.39, 0.29) is 24.9 Å². The second-order valence-electron chi connectivity index (χ2n) is 4.47. The van der Waals surface area contributed by atoms with Crippen LogP contribution in [0, 0.1) is 0 Å². The smallest absolute Gasteiger partial charge is 0.305 e. The van der Waals surface area contributed by atoms with Gasteiger partial charge in [-0.15, -0.1) is 0 Å². The highest BCUT2D eigenvalue weighted by Gasteiger charge is 2.15. The summed E-state index contributed by atoms with van der Waals surface area (Å²) in [6.45, 7) is 2.16. The molecule has 1 aromatic rings. The van der Waals surface area contributed by atoms with Crippen molar-refractivity contribution < 1.29 is 19.4 Å². The van der Waals surface area contributed by atoms with Crippen LogP contribution in [0.4, 0.5) is 0 Å². The summed E-state index contributed by atoms with van der Waals surface area (Å²) in [4.78, 5) is 22.0. The van der Waals surface area contributed by atoms with Crippen molar-refractivity contribution in [1.82, 2.24) is 0 Å². The fourth-order valence-corrected chi connectivity index (χ4v) is 1.84. The van der Waals surface area contributed by atoms with Crippen LogP contribution < -0.4 is 0 Å². The van der Waals surface area contributed by atoms with Crippen LogP contribution in [0.15, 0.2) is 30.3 Å². The minimum atomic E-state index is -0.833. The van der Waals surface area contributed by atoms with Crippen LogP contribution in [0.25, 0.3) is 0 Å². The fourth-order valence-electron chi connectivity index (χ4n) is 1.84. The summed E-state index contributed by atoms with van der Waals surface area (Å²) in [6.07, 6.45) is 1.70. The van der Waals surface area contributed by atoms with Gasteiger partial charge in [0.05, 0.1) is 6.61 Å². The summed E-state index contributed by atoms with van der Waals surface area (Å²) in [5.41, 5.74) is 1.01. The molecule has 0 spiro atoms. The Morgan fingerprint density at radius 1 is 1.21 bits per heavy atom. The average Bonchev–Trinajstić information content (AvgIpc) is 2.40. The first-order valence-electron chi connectivity index (χ1n) is 6.55. The lowest BCUT2D eigenvalue weighted by Crippen LogP contribution is -2.14. The molecule has 4 nitrogen and oxygen atoms in total. The number of carboxylic acid groups (broad SMARTS) is 1. The lowest BCUT2D eigenvalue weighted by atomic mass is 9.95. The molecule has 0 aliphatic heterocycles. The summed E-state index contributed by atoms with van der Waals surface area (Å²) >= 11 is 0. The first-order chi connectivity index (χ1) is 9.13. The lowest BCUT2D eigenvalue weighted by molar-refractivity contribution is -0.144. The van der Waals surface area contributed by atoms with Crippen LogP contribution in [-0.2, 0) is 14.3 Å². The van der Waals surface area contributed by atoms with Gasteiger partial charge >= 0.3 is 11.9 Å². The SMILES string of the molecule is CCCC(=O)OCC(CCC(=O)O)c1ccccc1. The van der Waals surface area contributed by atoms with Crippen molar-refractivity contribution in [2.24, 2.45) is 0 Å². The molecule has 1 rings (SSSR count). The van der Waals surface area contributed by atoms with E-state index in [4.69, 9.17) is 9.84 Å². The fraction of sp³-hybridized carbons (Fsp3) is 0.467. The molecule has 19 heavy (non-hydrogen) atoms. The van der Waals surface area contributed by atoms with Gasteiger partial charge in [-0.3, -0.25) is 9.59 Å². The molecule has 0 aliphatic carbocycles. The van der Waals surface area contributed by atoms with Crippen molar-refractivity contribution >= 4 is 11.9 Å². The second kappa shape index (κ2) is 8.29. The standard InChI is InChI=1S/C15H20O4/c1-2-6-15(18)19-11-13(9-10-14(16)17)12-7-4-3-5-8-12/h3-5,7-8,13H,2,6,9-11H2,1H3,(H,16,17). The Balaban J connectivity index is 2.59. The van der Waals surface area contributed by atoms with Crippen molar-refractivity contribution in [3.63, 3.8) is 0 Å². The maximum Gasteiger partial charge on any atom is 0.305 e. The highest BCUT2D eigenvalue weighted by atomic mass is 16.5. The third-order valence-electron chi connectivity index (χ3n) is 2.88. The van der Waals surface area contributed by atoms with Crippen LogP contribution >= 0.6 is 0 Å². The Morgan fingerprint density at radius 3 is 2.47 bits per heavy atom. The normalized spacial score (nSPS) is 11.8. The van der Waals surface area contributed by atoms with Crippen LogP contribution in [0.2, 0.25) is 0 Å². The molecule has 4 heteroatoms. The Hall–Kier alpha value is -1.84. The summed E-state index contributed by atoms with van der Waals surface area (Å²) < 4.78 is 5.20. The zero-order valence-corrected chi connectivity index (χ0v) is 11.2. The Kier molecular flexibility index (Phi) is 6.64. The average molecular weight is 264 g/mol. The van der Waals surface area contributed by atoms with Crippen molar-refractivity contribution in [2.75, 3.05) is 6.61 Å². The number of hydrogen-bond acceptors (Lipinski definition) is 3. The zero-order chi connectivity index (χ0) is 14.1. The van der Waals surface area contributed by atoms with Crippen LogP contribution in [0.1, 0.15) is 44.1 Å². The summed E-state index contributed by atoms with van der Waals surface area (Å²) in [7, 11) is 0. The molecule has 0 saturated heterocycles. The Morgan fingerprint density at radius 2 is 1.89 bits per heavy atom. The molecular weight excluding hydrogens is 244 g/mol. The molecule has 0 heterocycles. The molecule has 0 aromatic heterocycles. The second-order valence-corrected chi connectivity index (χ2v) is 4.47. The van der Waals surface area contributed by atoms with Crippen molar-refractivity contribution in [1.29, 1.82) is 0 Å².